The average molecular weight is 418 g/mol. The minimum Gasteiger partial charge on any atom is -0.497 e. The number of aromatic nitrogens is 1. The van der Waals surface area contributed by atoms with Gasteiger partial charge in [-0.05, 0) is 60.7 Å². The van der Waals surface area contributed by atoms with Gasteiger partial charge < -0.3 is 15.0 Å². The van der Waals surface area contributed by atoms with Gasteiger partial charge >= 0.3 is 0 Å². The number of amides is 2. The normalized spacial score (nSPS) is 16.2. The van der Waals surface area contributed by atoms with Crippen LogP contribution in [0.15, 0.2) is 60.8 Å². The van der Waals surface area contributed by atoms with Gasteiger partial charge in [0.2, 0.25) is 5.91 Å². The molecule has 2 aromatic carbocycles. The summed E-state index contributed by atoms with van der Waals surface area (Å²) >= 11 is 0. The molecule has 0 saturated carbocycles. The highest BCUT2D eigenvalue weighted by atomic mass is 16.5. The van der Waals surface area contributed by atoms with E-state index in [1.165, 1.54) is 0 Å². The molecule has 1 atom stereocenters. The Morgan fingerprint density at radius 1 is 1.16 bits per heavy atom. The van der Waals surface area contributed by atoms with Crippen LogP contribution in [0.3, 0.4) is 0 Å². The largest absolute Gasteiger partial charge is 0.497 e. The maximum absolute atomic E-state index is 13.0. The Labute approximate surface area is 182 Å². The Bertz CT molecular complexity index is 1070. The molecular formula is C25H27N3O3. The number of ether oxygens (including phenoxy) is 1. The van der Waals surface area contributed by atoms with Crippen LogP contribution in [0.1, 0.15) is 28.8 Å². The molecule has 1 fully saturated rings. The van der Waals surface area contributed by atoms with Crippen LogP contribution in [0.2, 0.25) is 0 Å². The van der Waals surface area contributed by atoms with Gasteiger partial charge in [0.25, 0.3) is 5.91 Å². The van der Waals surface area contributed by atoms with Crippen molar-refractivity contribution >= 4 is 22.7 Å². The second kappa shape index (κ2) is 9.60. The molecule has 0 bridgehead atoms. The first kappa shape index (κ1) is 20.8. The van der Waals surface area contributed by atoms with E-state index in [0.29, 0.717) is 25.1 Å². The number of fused-ring (bicyclic) bond motifs is 1. The van der Waals surface area contributed by atoms with Crippen molar-refractivity contribution < 1.29 is 14.3 Å². The lowest BCUT2D eigenvalue weighted by Crippen LogP contribution is -2.43. The predicted octanol–water partition coefficient (Wildman–Crippen LogP) is 3.45. The van der Waals surface area contributed by atoms with Gasteiger partial charge in [-0.2, -0.15) is 0 Å². The van der Waals surface area contributed by atoms with E-state index in [1.807, 2.05) is 59.5 Å². The van der Waals surface area contributed by atoms with Crippen LogP contribution in [-0.4, -0.2) is 48.4 Å². The molecule has 1 N–H and O–H groups in total. The molecule has 3 aromatic rings. The van der Waals surface area contributed by atoms with Crippen molar-refractivity contribution in [3.8, 4) is 5.75 Å². The van der Waals surface area contributed by atoms with E-state index >= 15 is 0 Å². The van der Waals surface area contributed by atoms with Crippen molar-refractivity contribution in [2.45, 2.75) is 19.3 Å². The number of pyridine rings is 1. The lowest BCUT2D eigenvalue weighted by atomic mass is 9.97. The van der Waals surface area contributed by atoms with Gasteiger partial charge in [0, 0.05) is 36.8 Å². The summed E-state index contributed by atoms with van der Waals surface area (Å²) in [5.41, 5.74) is 2.52. The van der Waals surface area contributed by atoms with Gasteiger partial charge in [-0.15, -0.1) is 0 Å². The minimum absolute atomic E-state index is 0.00403. The van der Waals surface area contributed by atoms with Crippen molar-refractivity contribution in [2.75, 3.05) is 26.7 Å². The molecule has 0 radical (unpaired) electrons. The van der Waals surface area contributed by atoms with Crippen LogP contribution in [0.5, 0.6) is 5.75 Å². The molecule has 160 valence electrons. The summed E-state index contributed by atoms with van der Waals surface area (Å²) in [6, 6.07) is 17.0. The van der Waals surface area contributed by atoms with Crippen molar-refractivity contribution in [3.05, 3.63) is 71.9 Å². The number of likely N-dealkylation sites (tertiary alicyclic amines) is 1. The molecular weight excluding hydrogens is 390 g/mol. The highest BCUT2D eigenvalue weighted by Gasteiger charge is 2.25. The average Bonchev–Trinajstić information content (AvgIpc) is 2.82. The molecule has 0 spiro atoms. The second-order valence-electron chi connectivity index (χ2n) is 8.00. The first-order valence-corrected chi connectivity index (χ1v) is 10.7. The molecule has 1 saturated heterocycles. The third-order valence-corrected chi connectivity index (χ3v) is 5.77. The molecule has 4 rings (SSSR count). The van der Waals surface area contributed by atoms with E-state index in [4.69, 9.17) is 4.74 Å². The number of methoxy groups -OCH3 is 1. The van der Waals surface area contributed by atoms with Crippen molar-refractivity contribution in [3.63, 3.8) is 0 Å². The standard InChI is InChI=1S/C25H27N3O3/c1-31-22-9-6-18(7-10-22)14-24(29)27-16-19-4-3-13-28(17-19)25(30)21-8-11-23-20(15-21)5-2-12-26-23/h2,5-12,15,19H,3-4,13-14,16-17H2,1H3,(H,27,29)/t19-/m1/s1. The smallest absolute Gasteiger partial charge is 0.253 e. The monoisotopic (exact) mass is 417 g/mol. The number of carbonyl (C=O) groups excluding carboxylic acids is 2. The van der Waals surface area contributed by atoms with Gasteiger partial charge in [0.05, 0.1) is 19.0 Å². The number of hydrogen-bond donors (Lipinski definition) is 1. The maximum Gasteiger partial charge on any atom is 0.253 e. The summed E-state index contributed by atoms with van der Waals surface area (Å²) in [5.74, 6) is 1.08. The van der Waals surface area contributed by atoms with E-state index in [9.17, 15) is 9.59 Å². The van der Waals surface area contributed by atoms with E-state index < -0.39 is 0 Å². The summed E-state index contributed by atoms with van der Waals surface area (Å²) in [6.07, 6.45) is 4.04. The van der Waals surface area contributed by atoms with E-state index in [-0.39, 0.29) is 17.7 Å². The maximum atomic E-state index is 13.0. The molecule has 2 heterocycles. The first-order valence-electron chi connectivity index (χ1n) is 10.7. The molecule has 0 aliphatic carbocycles. The summed E-state index contributed by atoms with van der Waals surface area (Å²) in [6.45, 7) is 1.99. The molecule has 6 nitrogen and oxygen atoms in total. The third kappa shape index (κ3) is 5.20. The molecule has 1 aliphatic heterocycles. The number of carbonyl (C=O) groups is 2. The number of rotatable bonds is 6. The van der Waals surface area contributed by atoms with Gasteiger partial charge in [-0.25, -0.2) is 0 Å². The molecule has 0 unspecified atom stereocenters. The molecule has 1 aromatic heterocycles. The van der Waals surface area contributed by atoms with Crippen molar-refractivity contribution in [1.82, 2.24) is 15.2 Å². The Morgan fingerprint density at radius 2 is 2.00 bits per heavy atom. The fourth-order valence-electron chi connectivity index (χ4n) is 4.06. The van der Waals surface area contributed by atoms with Crippen molar-refractivity contribution in [1.29, 1.82) is 0 Å². The van der Waals surface area contributed by atoms with Gasteiger partial charge in [0.15, 0.2) is 0 Å². The van der Waals surface area contributed by atoms with Crippen LogP contribution in [-0.2, 0) is 11.2 Å². The highest BCUT2D eigenvalue weighted by molar-refractivity contribution is 5.98. The fraction of sp³-hybridized carbons (Fsp3) is 0.320. The van der Waals surface area contributed by atoms with Gasteiger partial charge in [-0.3, -0.25) is 14.6 Å². The minimum atomic E-state index is -0.00403. The van der Waals surface area contributed by atoms with Crippen molar-refractivity contribution in [2.24, 2.45) is 5.92 Å². The number of nitrogens with one attached hydrogen (secondary N) is 1. The zero-order valence-corrected chi connectivity index (χ0v) is 17.7. The molecule has 31 heavy (non-hydrogen) atoms. The number of piperidine rings is 1. The number of benzene rings is 2. The lowest BCUT2D eigenvalue weighted by Gasteiger charge is -2.33. The molecule has 6 heteroatoms. The Balaban J connectivity index is 1.31. The summed E-state index contributed by atoms with van der Waals surface area (Å²) in [7, 11) is 1.62. The summed E-state index contributed by atoms with van der Waals surface area (Å²) in [4.78, 5) is 31.6. The third-order valence-electron chi connectivity index (χ3n) is 5.77. The Morgan fingerprint density at radius 3 is 2.81 bits per heavy atom. The summed E-state index contributed by atoms with van der Waals surface area (Å²) < 4.78 is 5.15. The van der Waals surface area contributed by atoms with E-state index in [1.54, 1.807) is 13.3 Å². The summed E-state index contributed by atoms with van der Waals surface area (Å²) in [5, 5.41) is 4.00. The van der Waals surface area contributed by atoms with E-state index in [2.05, 4.69) is 10.3 Å². The zero-order chi connectivity index (χ0) is 21.6. The van der Waals surface area contributed by atoms with Crippen LogP contribution in [0.4, 0.5) is 0 Å². The van der Waals surface area contributed by atoms with Gasteiger partial charge in [-0.1, -0.05) is 18.2 Å². The van der Waals surface area contributed by atoms with Gasteiger partial charge in [0.1, 0.15) is 5.75 Å². The topological polar surface area (TPSA) is 71.5 Å². The Kier molecular flexibility index (Phi) is 6.46. The van der Waals surface area contributed by atoms with E-state index in [0.717, 1.165) is 41.6 Å². The molecule has 1 aliphatic rings. The van der Waals surface area contributed by atoms with Crippen LogP contribution in [0.25, 0.3) is 10.9 Å². The number of nitrogens with zero attached hydrogens (tertiary/aromatic N) is 2. The second-order valence-corrected chi connectivity index (χ2v) is 8.00. The van der Waals surface area contributed by atoms with Crippen LogP contribution >= 0.6 is 0 Å². The van der Waals surface area contributed by atoms with Crippen LogP contribution in [0, 0.1) is 5.92 Å². The SMILES string of the molecule is COc1ccc(CC(=O)NC[C@H]2CCCN(C(=O)c3ccc4ncccc4c3)C2)cc1. The molecule has 2 amide bonds. The lowest BCUT2D eigenvalue weighted by molar-refractivity contribution is -0.120. The number of hydrogen-bond acceptors (Lipinski definition) is 4. The predicted molar refractivity (Wildman–Crippen MR) is 120 cm³/mol. The quantitative estimate of drug-likeness (QED) is 0.667. The first-order chi connectivity index (χ1) is 15.1. The fourth-order valence-corrected chi connectivity index (χ4v) is 4.06. The highest BCUT2D eigenvalue weighted by Crippen LogP contribution is 2.20. The zero-order valence-electron chi connectivity index (χ0n) is 17.7. The Hall–Kier alpha value is -3.41. The van der Waals surface area contributed by atoms with Crippen LogP contribution < -0.4 is 10.1 Å².